The fourth-order valence-electron chi connectivity index (χ4n) is 10.2. The molecule has 3 atom stereocenters. The predicted octanol–water partition coefficient (Wildman–Crippen LogP) is 8.82. The third-order valence-electron chi connectivity index (χ3n) is 12.7. The molecular weight excluding hydrogens is 751 g/mol. The van der Waals surface area contributed by atoms with Crippen LogP contribution in [0.5, 0.6) is 0 Å². The second kappa shape index (κ2) is 13.7. The largest absolute Gasteiger partial charge is 0.481 e. The molecule has 0 saturated carbocycles. The van der Waals surface area contributed by atoms with Crippen LogP contribution in [0.2, 0.25) is 0 Å². The summed E-state index contributed by atoms with van der Waals surface area (Å²) in [4.78, 5) is 12.3. The van der Waals surface area contributed by atoms with Crippen LogP contribution >= 0.6 is 0 Å². The Balaban J connectivity index is 1.31. The molecule has 4 aromatic carbocycles. The van der Waals surface area contributed by atoms with Crippen molar-refractivity contribution in [3.63, 3.8) is 0 Å². The molecule has 3 unspecified atom stereocenters. The van der Waals surface area contributed by atoms with Crippen molar-refractivity contribution in [3.8, 4) is 0 Å². The third kappa shape index (κ3) is 6.30. The fourth-order valence-corrected chi connectivity index (χ4v) is 11.5. The molecule has 1 aliphatic carbocycles. The molecule has 3 heterocycles. The maximum atomic E-state index is 12.6. The quantitative estimate of drug-likeness (QED) is 0.116. The van der Waals surface area contributed by atoms with Gasteiger partial charge in [0.1, 0.15) is 4.90 Å². The van der Waals surface area contributed by atoms with Crippen LogP contribution in [-0.4, -0.2) is 55.8 Å². The van der Waals surface area contributed by atoms with Crippen molar-refractivity contribution >= 4 is 53.4 Å². The monoisotopic (exact) mass is 797 g/mol. The second-order valence-electron chi connectivity index (χ2n) is 16.5. The first kappa shape index (κ1) is 38.5. The van der Waals surface area contributed by atoms with E-state index in [1.807, 2.05) is 19.9 Å². The molecule has 8 rings (SSSR count). The minimum atomic E-state index is -4.87. The Bertz CT molecular complexity index is 2640. The summed E-state index contributed by atoms with van der Waals surface area (Å²) in [5.41, 5.74) is 6.67. The number of ether oxygens (including phenoxy) is 1. The summed E-state index contributed by atoms with van der Waals surface area (Å²) in [5, 5.41) is 12.1. The van der Waals surface area contributed by atoms with Gasteiger partial charge in [0.2, 0.25) is 0 Å². The molecule has 0 fully saturated rings. The van der Waals surface area contributed by atoms with Crippen molar-refractivity contribution in [2.45, 2.75) is 111 Å². The Labute approximate surface area is 328 Å². The highest BCUT2D eigenvalue weighted by molar-refractivity contribution is 7.86. The number of hydrogen-bond acceptors (Lipinski definition) is 7. The van der Waals surface area contributed by atoms with Crippen molar-refractivity contribution in [1.82, 2.24) is 0 Å². The Morgan fingerprint density at radius 3 is 2.38 bits per heavy atom. The van der Waals surface area contributed by atoms with Gasteiger partial charge in [0.05, 0.1) is 17.1 Å². The number of fused-ring (bicyclic) bond motifs is 10. The highest BCUT2D eigenvalue weighted by Gasteiger charge is 2.49. The van der Waals surface area contributed by atoms with Crippen LogP contribution in [0.15, 0.2) is 106 Å². The lowest BCUT2D eigenvalue weighted by molar-refractivity contribution is -0.137. The van der Waals surface area contributed by atoms with E-state index in [2.05, 4.69) is 54.3 Å². The molecule has 0 spiro atoms. The van der Waals surface area contributed by atoms with Crippen LogP contribution in [0.4, 0.5) is 5.69 Å². The van der Waals surface area contributed by atoms with Gasteiger partial charge in [0, 0.05) is 46.1 Å². The molecule has 0 aromatic heterocycles. The number of carboxylic acids is 1. The lowest BCUT2D eigenvalue weighted by Gasteiger charge is -2.44. The van der Waals surface area contributed by atoms with Gasteiger partial charge in [-0.1, -0.05) is 82.7 Å². The average Bonchev–Trinajstić information content (AvgIpc) is 3.40. The molecular formula is C44H47NO9S2. The van der Waals surface area contributed by atoms with Gasteiger partial charge in [-0.05, 0) is 107 Å². The molecule has 56 heavy (non-hydrogen) atoms. The van der Waals surface area contributed by atoms with Gasteiger partial charge < -0.3 is 14.7 Å². The number of carboxylic acid groups (broad SMARTS) is 1. The van der Waals surface area contributed by atoms with Crippen molar-refractivity contribution in [2.75, 3.05) is 11.4 Å². The number of unbranched alkanes of at least 4 members (excludes halogenated alkanes) is 2. The van der Waals surface area contributed by atoms with Gasteiger partial charge in [-0.25, -0.2) is 0 Å². The molecule has 10 nitrogen and oxygen atoms in total. The summed E-state index contributed by atoms with van der Waals surface area (Å²) in [6, 6.07) is 18.4. The number of aryl methyl sites for hydroxylation is 1. The molecule has 0 amide bonds. The fraction of sp³-hybridized carbons (Fsp3) is 0.386. The average molecular weight is 798 g/mol. The van der Waals surface area contributed by atoms with Crippen LogP contribution in [0.3, 0.4) is 0 Å². The van der Waals surface area contributed by atoms with Gasteiger partial charge in [0.15, 0.2) is 0 Å². The maximum Gasteiger partial charge on any atom is 0.303 e. The number of aliphatic carboxylic acids is 1. The number of nitrogens with zero attached hydrogens (tertiary/aromatic N) is 1. The molecule has 0 bridgehead atoms. The highest BCUT2D eigenvalue weighted by Crippen LogP contribution is 2.56. The Hall–Kier alpha value is -4.33. The molecule has 0 saturated heterocycles. The first-order valence-corrected chi connectivity index (χ1v) is 22.2. The van der Waals surface area contributed by atoms with E-state index >= 15 is 0 Å². The maximum absolute atomic E-state index is 12.6. The van der Waals surface area contributed by atoms with Crippen LogP contribution in [0, 0.1) is 0 Å². The van der Waals surface area contributed by atoms with E-state index in [0.717, 1.165) is 78.1 Å². The number of carbonyl (C=O) groups is 1. The number of hydrogen-bond donors (Lipinski definition) is 3. The van der Waals surface area contributed by atoms with Crippen LogP contribution < -0.4 is 4.90 Å². The SMILES string of the molecule is C=C1C2=CC3=C4N(CCC3OC2CCCc2ccc3ccccc3c2C1(C)CCCCCC(=O)O)c1ccc2c(S(=O)(=O)O)cc(S(=O)(=O)O)cc2c1C4(C)C. The van der Waals surface area contributed by atoms with Gasteiger partial charge in [-0.15, -0.1) is 0 Å². The minimum absolute atomic E-state index is 0.134. The molecule has 3 N–H and O–H groups in total. The summed E-state index contributed by atoms with van der Waals surface area (Å²) in [6.07, 6.45) is 8.24. The van der Waals surface area contributed by atoms with E-state index in [-0.39, 0.29) is 24.0 Å². The Kier molecular flexibility index (Phi) is 9.40. The van der Waals surface area contributed by atoms with Crippen LogP contribution in [-0.2, 0) is 47.0 Å². The van der Waals surface area contributed by atoms with Gasteiger partial charge >= 0.3 is 5.97 Å². The van der Waals surface area contributed by atoms with Gasteiger partial charge in [0.25, 0.3) is 20.2 Å². The summed E-state index contributed by atoms with van der Waals surface area (Å²) in [7, 11) is -9.70. The van der Waals surface area contributed by atoms with Crippen molar-refractivity contribution in [3.05, 3.63) is 112 Å². The molecule has 294 valence electrons. The normalized spacial score (nSPS) is 23.3. The predicted molar refractivity (Wildman–Crippen MR) is 216 cm³/mol. The summed E-state index contributed by atoms with van der Waals surface area (Å²) >= 11 is 0. The van der Waals surface area contributed by atoms with E-state index in [9.17, 15) is 35.8 Å². The van der Waals surface area contributed by atoms with E-state index < -0.39 is 46.8 Å². The van der Waals surface area contributed by atoms with Crippen LogP contribution in [0.1, 0.15) is 88.8 Å². The van der Waals surface area contributed by atoms with Crippen LogP contribution in [0.25, 0.3) is 21.5 Å². The molecule has 4 aliphatic rings. The summed E-state index contributed by atoms with van der Waals surface area (Å²) < 4.78 is 77.4. The first-order chi connectivity index (χ1) is 26.4. The highest BCUT2D eigenvalue weighted by atomic mass is 32.2. The number of anilines is 1. The van der Waals surface area contributed by atoms with E-state index in [1.54, 1.807) is 6.07 Å². The lowest BCUT2D eigenvalue weighted by atomic mass is 9.66. The Morgan fingerprint density at radius 1 is 0.875 bits per heavy atom. The first-order valence-electron chi connectivity index (χ1n) is 19.3. The molecule has 12 heteroatoms. The standard InChI is InChI=1S/C44H47NO9S2/c1-26-32-25-34-37(20-22-45-35-19-18-31-33(41(35)43(2,3)42(34)45)23-29(55(48,49)50)24-38(31)56(51,52)53)54-36(32)14-10-12-28-17-16-27-11-7-8-13-30(27)40(28)44(26,4)21-9-5-6-15-39(46)47/h7-8,11,13,16-19,23-25,36-37H,1,5-6,9-10,12,14-15,20-22H2,2-4H3,(H,46,47)(H,48,49,50)(H,51,52,53). The minimum Gasteiger partial charge on any atom is -0.481 e. The zero-order valence-electron chi connectivity index (χ0n) is 31.8. The van der Waals surface area contributed by atoms with Crippen molar-refractivity contribution in [1.29, 1.82) is 0 Å². The number of rotatable bonds is 8. The third-order valence-corrected chi connectivity index (χ3v) is 14.4. The molecule has 0 radical (unpaired) electrons. The Morgan fingerprint density at radius 2 is 1.64 bits per heavy atom. The zero-order valence-corrected chi connectivity index (χ0v) is 33.5. The molecule has 4 aromatic rings. The van der Waals surface area contributed by atoms with E-state index in [0.29, 0.717) is 30.3 Å². The van der Waals surface area contributed by atoms with Crippen molar-refractivity contribution < 1.29 is 40.6 Å². The molecule has 3 aliphatic heterocycles. The van der Waals surface area contributed by atoms with Gasteiger partial charge in [-0.2, -0.15) is 16.8 Å². The van der Waals surface area contributed by atoms with E-state index in [4.69, 9.17) is 11.3 Å². The van der Waals surface area contributed by atoms with Crippen molar-refractivity contribution in [2.24, 2.45) is 0 Å². The number of allylic oxidation sites excluding steroid dienone is 1. The summed E-state index contributed by atoms with van der Waals surface area (Å²) in [6.45, 7) is 11.8. The van der Waals surface area contributed by atoms with Gasteiger partial charge in [-0.3, -0.25) is 13.9 Å². The zero-order chi connectivity index (χ0) is 39.9. The summed E-state index contributed by atoms with van der Waals surface area (Å²) in [5.74, 6) is -0.792. The second-order valence-corrected chi connectivity index (χ2v) is 19.3. The topological polar surface area (TPSA) is 159 Å². The van der Waals surface area contributed by atoms with E-state index in [1.165, 1.54) is 22.6 Å². The lowest BCUT2D eigenvalue weighted by Crippen LogP contribution is -2.43. The number of benzene rings is 4. The smallest absolute Gasteiger partial charge is 0.303 e.